The second-order valence-electron chi connectivity index (χ2n) is 2.45. The Balaban J connectivity index is 3.40. The van der Waals surface area contributed by atoms with E-state index in [4.69, 9.17) is 0 Å². The zero-order chi connectivity index (χ0) is 7.33. The Morgan fingerprint density at radius 2 is 2.11 bits per heavy atom. The van der Waals surface area contributed by atoms with Crippen LogP contribution in [0.2, 0.25) is 0 Å². The van der Waals surface area contributed by atoms with Crippen molar-refractivity contribution in [2.45, 2.75) is 6.42 Å². The predicted octanol–water partition coefficient (Wildman–Crippen LogP) is 2.91. The van der Waals surface area contributed by atoms with E-state index in [1.165, 1.54) is 0 Å². The van der Waals surface area contributed by atoms with E-state index in [1.807, 2.05) is 24.4 Å². The molecule has 0 fully saturated rings. The molecule has 0 heterocycles. The van der Waals surface area contributed by atoms with Gasteiger partial charge in [-0.25, -0.2) is 0 Å². The van der Waals surface area contributed by atoms with Gasteiger partial charge in [0.15, 0.2) is 0 Å². The molecule has 1 nitrogen and oxygen atoms in total. The summed E-state index contributed by atoms with van der Waals surface area (Å²) in [7, 11) is -1.77. The van der Waals surface area contributed by atoms with Gasteiger partial charge in [0, 0.05) is 6.16 Å². The number of hydrogen-bond donors (Lipinski definition) is 0. The summed E-state index contributed by atoms with van der Waals surface area (Å²) in [6.07, 6.45) is 3.70. The van der Waals surface area contributed by atoms with Gasteiger partial charge in [0.25, 0.3) is 0 Å². The summed E-state index contributed by atoms with van der Waals surface area (Å²) in [5, 5.41) is 0. The van der Waals surface area contributed by atoms with Crippen molar-refractivity contribution in [1.29, 1.82) is 0 Å². The lowest BCUT2D eigenvalue weighted by Gasteiger charge is -2.00. The molecule has 0 saturated carbocycles. The minimum absolute atomic E-state index is 0.815. The van der Waals surface area contributed by atoms with Crippen LogP contribution in [0.15, 0.2) is 11.1 Å². The molecule has 0 saturated heterocycles. The van der Waals surface area contributed by atoms with E-state index in [9.17, 15) is 4.57 Å². The molecular formula is C6H12BrOP. The van der Waals surface area contributed by atoms with Crippen molar-refractivity contribution in [3.05, 3.63) is 11.1 Å². The second-order valence-corrected chi connectivity index (χ2v) is 6.57. The minimum atomic E-state index is -1.77. The summed E-state index contributed by atoms with van der Waals surface area (Å²) in [5.74, 6) is 0. The van der Waals surface area contributed by atoms with E-state index in [1.54, 1.807) is 0 Å². The van der Waals surface area contributed by atoms with Crippen LogP contribution in [0.4, 0.5) is 0 Å². The zero-order valence-electron chi connectivity index (χ0n) is 5.80. The van der Waals surface area contributed by atoms with Gasteiger partial charge in [0.1, 0.15) is 0 Å². The zero-order valence-corrected chi connectivity index (χ0v) is 8.28. The summed E-state index contributed by atoms with van der Waals surface area (Å²) in [6, 6.07) is 0. The van der Waals surface area contributed by atoms with Crippen molar-refractivity contribution in [3.8, 4) is 0 Å². The Hall–Kier alpha value is 0.450. The Morgan fingerprint density at radius 1 is 1.56 bits per heavy atom. The lowest BCUT2D eigenvalue weighted by molar-refractivity contribution is 0.582. The summed E-state index contributed by atoms with van der Waals surface area (Å²) in [5.41, 5.74) is 0. The maximum absolute atomic E-state index is 11.0. The van der Waals surface area contributed by atoms with Crippen molar-refractivity contribution in [1.82, 2.24) is 0 Å². The number of rotatable bonds is 3. The van der Waals surface area contributed by atoms with Crippen LogP contribution in [0, 0.1) is 0 Å². The first-order chi connectivity index (χ1) is 4.06. The first-order valence-electron chi connectivity index (χ1n) is 2.85. The van der Waals surface area contributed by atoms with Gasteiger partial charge in [-0.1, -0.05) is 22.0 Å². The van der Waals surface area contributed by atoms with Crippen molar-refractivity contribution in [2.24, 2.45) is 0 Å². The van der Waals surface area contributed by atoms with Crippen LogP contribution in [0.5, 0.6) is 0 Å². The van der Waals surface area contributed by atoms with Crippen LogP contribution in [0.1, 0.15) is 6.42 Å². The molecule has 0 N–H and O–H groups in total. The fourth-order valence-electron chi connectivity index (χ4n) is 0.448. The van der Waals surface area contributed by atoms with Crippen LogP contribution < -0.4 is 0 Å². The molecule has 0 bridgehead atoms. The maximum atomic E-state index is 11.0. The average molecular weight is 211 g/mol. The molecule has 0 amide bonds. The molecule has 3 heteroatoms. The summed E-state index contributed by atoms with van der Waals surface area (Å²) >= 11 is 3.15. The Kier molecular flexibility index (Phi) is 4.51. The van der Waals surface area contributed by atoms with Gasteiger partial charge >= 0.3 is 0 Å². The molecule has 0 aliphatic carbocycles. The summed E-state index contributed by atoms with van der Waals surface area (Å²) in [4.78, 5) is 1.81. The first-order valence-corrected chi connectivity index (χ1v) is 6.56. The molecule has 0 aliphatic heterocycles. The van der Waals surface area contributed by atoms with E-state index in [0.717, 1.165) is 12.6 Å². The van der Waals surface area contributed by atoms with Crippen LogP contribution in [0.25, 0.3) is 0 Å². The first kappa shape index (κ1) is 9.45. The predicted molar refractivity (Wildman–Crippen MR) is 47.0 cm³/mol. The molecule has 54 valence electrons. The topological polar surface area (TPSA) is 17.1 Å². The van der Waals surface area contributed by atoms with Gasteiger partial charge in [-0.05, 0) is 24.7 Å². The maximum Gasteiger partial charge on any atom is 0.0822 e. The van der Waals surface area contributed by atoms with Gasteiger partial charge < -0.3 is 4.57 Å². The lowest BCUT2D eigenvalue weighted by atomic mass is 10.5. The van der Waals surface area contributed by atoms with Crippen molar-refractivity contribution in [2.75, 3.05) is 19.5 Å². The van der Waals surface area contributed by atoms with Gasteiger partial charge in [-0.3, -0.25) is 0 Å². The normalized spacial score (nSPS) is 12.8. The molecule has 0 atom stereocenters. The second kappa shape index (κ2) is 4.29. The number of hydrogen-bond acceptors (Lipinski definition) is 1. The molecule has 0 rings (SSSR count). The molecular weight excluding hydrogens is 199 g/mol. The monoisotopic (exact) mass is 210 g/mol. The molecule has 0 aromatic rings. The van der Waals surface area contributed by atoms with Crippen molar-refractivity contribution in [3.63, 3.8) is 0 Å². The third kappa shape index (κ3) is 8.45. The van der Waals surface area contributed by atoms with Gasteiger partial charge in [0.05, 0.1) is 7.14 Å². The number of halogens is 1. The highest BCUT2D eigenvalue weighted by Crippen LogP contribution is 2.36. The van der Waals surface area contributed by atoms with E-state index in [-0.39, 0.29) is 0 Å². The van der Waals surface area contributed by atoms with E-state index in [2.05, 4.69) is 15.9 Å². The molecule has 0 unspecified atom stereocenters. The third-order valence-electron chi connectivity index (χ3n) is 0.923. The summed E-state index contributed by atoms with van der Waals surface area (Å²) < 4.78 is 11.0. The van der Waals surface area contributed by atoms with Gasteiger partial charge in [-0.15, -0.1) is 0 Å². The Morgan fingerprint density at radius 3 is 2.44 bits per heavy atom. The molecule has 0 aromatic heterocycles. The molecule has 0 aromatic carbocycles. The SMILES string of the molecule is CP(C)(=O)CC/C=C/Br. The fourth-order valence-corrected chi connectivity index (χ4v) is 1.48. The highest BCUT2D eigenvalue weighted by Gasteiger charge is 2.03. The molecule has 0 radical (unpaired) electrons. The van der Waals surface area contributed by atoms with Crippen LogP contribution in [-0.4, -0.2) is 19.5 Å². The minimum Gasteiger partial charge on any atom is -0.324 e. The van der Waals surface area contributed by atoms with E-state index in [0.29, 0.717) is 0 Å². The molecule has 0 aliphatic rings. The third-order valence-corrected chi connectivity index (χ3v) is 2.63. The van der Waals surface area contributed by atoms with Crippen molar-refractivity contribution >= 4 is 23.1 Å². The summed E-state index contributed by atoms with van der Waals surface area (Å²) in [6.45, 7) is 3.63. The fraction of sp³-hybridized carbons (Fsp3) is 0.667. The quantitative estimate of drug-likeness (QED) is 0.656. The highest BCUT2D eigenvalue weighted by atomic mass is 79.9. The van der Waals surface area contributed by atoms with Crippen LogP contribution >= 0.6 is 23.1 Å². The van der Waals surface area contributed by atoms with Gasteiger partial charge in [0.2, 0.25) is 0 Å². The number of allylic oxidation sites excluding steroid dienone is 1. The van der Waals surface area contributed by atoms with Gasteiger partial charge in [-0.2, -0.15) is 0 Å². The van der Waals surface area contributed by atoms with Crippen LogP contribution in [0.3, 0.4) is 0 Å². The Bertz CT molecular complexity index is 136. The largest absolute Gasteiger partial charge is 0.324 e. The van der Waals surface area contributed by atoms with Crippen molar-refractivity contribution < 1.29 is 4.57 Å². The van der Waals surface area contributed by atoms with E-state index >= 15 is 0 Å². The standard InChI is InChI=1S/C6H12BrOP/c1-9(2,8)6-4-3-5-7/h3,5H,4,6H2,1-2H3/b5-3+. The van der Waals surface area contributed by atoms with Crippen LogP contribution in [-0.2, 0) is 4.57 Å². The lowest BCUT2D eigenvalue weighted by Crippen LogP contribution is -1.81. The average Bonchev–Trinajstić information content (AvgIpc) is 1.63. The molecule has 0 spiro atoms. The molecule has 9 heavy (non-hydrogen) atoms. The van der Waals surface area contributed by atoms with E-state index < -0.39 is 7.14 Å². The highest BCUT2D eigenvalue weighted by molar-refractivity contribution is 9.11. The Labute approximate surface area is 65.0 Å². The smallest absolute Gasteiger partial charge is 0.0822 e.